The van der Waals surface area contributed by atoms with E-state index >= 15 is 0 Å². The highest BCUT2D eigenvalue weighted by Gasteiger charge is 2.25. The molecule has 1 fully saturated rings. The Bertz CT molecular complexity index is 1010. The van der Waals surface area contributed by atoms with Crippen LogP contribution in [0.4, 0.5) is 0 Å². The van der Waals surface area contributed by atoms with Crippen molar-refractivity contribution in [3.63, 3.8) is 0 Å². The van der Waals surface area contributed by atoms with Crippen LogP contribution in [0.1, 0.15) is 33.8 Å². The molecule has 0 spiro atoms. The number of nitrogens with one attached hydrogen (secondary N) is 1. The van der Waals surface area contributed by atoms with Crippen molar-refractivity contribution >= 4 is 17.3 Å². The van der Waals surface area contributed by atoms with Crippen molar-refractivity contribution in [3.05, 3.63) is 69.4 Å². The molecule has 164 valence electrons. The molecule has 1 N–H and O–H groups in total. The highest BCUT2D eigenvalue weighted by atomic mass is 32.1. The Morgan fingerprint density at radius 2 is 2.10 bits per heavy atom. The summed E-state index contributed by atoms with van der Waals surface area (Å²) in [5.74, 6) is 2.65. The van der Waals surface area contributed by atoms with Gasteiger partial charge in [0.1, 0.15) is 18.5 Å². The Kier molecular flexibility index (Phi) is 6.99. The van der Waals surface area contributed by atoms with Crippen molar-refractivity contribution in [1.29, 1.82) is 0 Å². The molecule has 2 aromatic heterocycles. The number of benzene rings is 1. The predicted octanol–water partition coefficient (Wildman–Crippen LogP) is 3.26. The molecule has 4 rings (SSSR count). The zero-order valence-corrected chi connectivity index (χ0v) is 19.2. The number of aryl methyl sites for hydroxylation is 2. The number of guanidine groups is 1. The molecule has 1 saturated heterocycles. The first-order valence-electron chi connectivity index (χ1n) is 10.7. The van der Waals surface area contributed by atoms with Crippen molar-refractivity contribution < 1.29 is 4.74 Å². The van der Waals surface area contributed by atoms with Gasteiger partial charge >= 0.3 is 0 Å². The normalized spacial score (nSPS) is 17.2. The van der Waals surface area contributed by atoms with E-state index in [1.54, 1.807) is 11.3 Å². The molecular weight excluding hydrogens is 408 g/mol. The van der Waals surface area contributed by atoms with Gasteiger partial charge in [-0.05, 0) is 42.8 Å². The summed E-state index contributed by atoms with van der Waals surface area (Å²) in [6.45, 7) is 7.68. The van der Waals surface area contributed by atoms with Crippen molar-refractivity contribution in [2.45, 2.75) is 32.9 Å². The van der Waals surface area contributed by atoms with Crippen LogP contribution < -0.4 is 5.32 Å². The first-order valence-corrected chi connectivity index (χ1v) is 11.6. The molecule has 0 saturated carbocycles. The Morgan fingerprint density at radius 1 is 1.23 bits per heavy atom. The molecule has 3 heterocycles. The molecule has 1 aliphatic rings. The standard InChI is InChI=1S/C23H30N6OS/c1-17-7-4-5-9-20(17)21-16-29(12-13-30-21)23(24-11-10-19-8-6-14-31-19)25-15-22-27-26-18(2)28(22)3/h4-9,14,21H,10-13,15-16H2,1-3H3,(H,24,25). The molecule has 31 heavy (non-hydrogen) atoms. The van der Waals surface area contributed by atoms with Crippen LogP contribution in [-0.2, 0) is 24.8 Å². The lowest BCUT2D eigenvalue weighted by Gasteiger charge is -2.36. The third kappa shape index (κ3) is 5.32. The fourth-order valence-electron chi connectivity index (χ4n) is 3.73. The molecule has 8 heteroatoms. The van der Waals surface area contributed by atoms with E-state index in [1.165, 1.54) is 16.0 Å². The van der Waals surface area contributed by atoms with Gasteiger partial charge in [-0.1, -0.05) is 30.3 Å². The Labute approximate surface area is 187 Å². The Morgan fingerprint density at radius 3 is 2.84 bits per heavy atom. The number of aromatic nitrogens is 3. The second-order valence-corrected chi connectivity index (χ2v) is 8.81. The fourth-order valence-corrected chi connectivity index (χ4v) is 4.44. The highest BCUT2D eigenvalue weighted by molar-refractivity contribution is 7.09. The van der Waals surface area contributed by atoms with Crippen LogP contribution in [0.5, 0.6) is 0 Å². The van der Waals surface area contributed by atoms with Gasteiger partial charge in [0.15, 0.2) is 11.8 Å². The van der Waals surface area contributed by atoms with Crippen LogP contribution in [0, 0.1) is 13.8 Å². The lowest BCUT2D eigenvalue weighted by atomic mass is 10.0. The van der Waals surface area contributed by atoms with E-state index in [-0.39, 0.29) is 6.10 Å². The molecule has 3 aromatic rings. The maximum absolute atomic E-state index is 6.12. The lowest BCUT2D eigenvalue weighted by Crippen LogP contribution is -2.48. The second-order valence-electron chi connectivity index (χ2n) is 7.78. The summed E-state index contributed by atoms with van der Waals surface area (Å²) in [5, 5.41) is 14.1. The van der Waals surface area contributed by atoms with Crippen LogP contribution in [0.25, 0.3) is 0 Å². The molecule has 0 aliphatic carbocycles. The third-order valence-electron chi connectivity index (χ3n) is 5.69. The minimum absolute atomic E-state index is 0.0383. The van der Waals surface area contributed by atoms with E-state index in [4.69, 9.17) is 9.73 Å². The zero-order chi connectivity index (χ0) is 21.6. The van der Waals surface area contributed by atoms with E-state index in [0.29, 0.717) is 13.2 Å². The van der Waals surface area contributed by atoms with Crippen LogP contribution in [0.3, 0.4) is 0 Å². The average molecular weight is 439 g/mol. The molecule has 1 unspecified atom stereocenters. The van der Waals surface area contributed by atoms with Gasteiger partial charge in [0.25, 0.3) is 0 Å². The summed E-state index contributed by atoms with van der Waals surface area (Å²) in [5.41, 5.74) is 2.50. The minimum Gasteiger partial charge on any atom is -0.370 e. The number of nitrogens with zero attached hydrogens (tertiary/aromatic N) is 5. The van der Waals surface area contributed by atoms with Gasteiger partial charge < -0.3 is 19.5 Å². The van der Waals surface area contributed by atoms with E-state index < -0.39 is 0 Å². The van der Waals surface area contributed by atoms with Crippen LogP contribution in [-0.4, -0.2) is 51.9 Å². The summed E-state index contributed by atoms with van der Waals surface area (Å²) in [4.78, 5) is 8.59. The van der Waals surface area contributed by atoms with Gasteiger partial charge in [-0.15, -0.1) is 21.5 Å². The summed E-state index contributed by atoms with van der Waals surface area (Å²) in [6, 6.07) is 12.7. The molecule has 1 aromatic carbocycles. The van der Waals surface area contributed by atoms with E-state index in [1.807, 2.05) is 18.5 Å². The molecule has 1 atom stereocenters. The monoisotopic (exact) mass is 438 g/mol. The molecule has 0 amide bonds. The topological polar surface area (TPSA) is 67.6 Å². The SMILES string of the molecule is Cc1ccccc1C1CN(C(=NCc2nnc(C)n2C)NCCc2cccs2)CCO1. The average Bonchev–Trinajstić information content (AvgIpc) is 3.41. The van der Waals surface area contributed by atoms with Crippen LogP contribution >= 0.6 is 11.3 Å². The van der Waals surface area contributed by atoms with Gasteiger partial charge in [-0.3, -0.25) is 0 Å². The predicted molar refractivity (Wildman–Crippen MR) is 124 cm³/mol. The first-order chi connectivity index (χ1) is 15.1. The summed E-state index contributed by atoms with van der Waals surface area (Å²) >= 11 is 1.79. The fraction of sp³-hybridized carbons (Fsp3) is 0.435. The number of morpholine rings is 1. The second kappa shape index (κ2) is 10.1. The molecule has 1 aliphatic heterocycles. The Balaban J connectivity index is 1.49. The first kappa shape index (κ1) is 21.5. The number of aliphatic imine (C=N–C) groups is 1. The van der Waals surface area contributed by atoms with Gasteiger partial charge in [-0.25, -0.2) is 4.99 Å². The van der Waals surface area contributed by atoms with Gasteiger partial charge in [0.2, 0.25) is 0 Å². The van der Waals surface area contributed by atoms with Crippen molar-refractivity contribution in [2.24, 2.45) is 12.0 Å². The minimum atomic E-state index is 0.0383. The van der Waals surface area contributed by atoms with Crippen LogP contribution in [0.2, 0.25) is 0 Å². The maximum Gasteiger partial charge on any atom is 0.194 e. The highest BCUT2D eigenvalue weighted by Crippen LogP contribution is 2.25. The summed E-state index contributed by atoms with van der Waals surface area (Å²) in [6.07, 6.45) is 1.02. The smallest absolute Gasteiger partial charge is 0.194 e. The van der Waals surface area contributed by atoms with Gasteiger partial charge in [-0.2, -0.15) is 0 Å². The van der Waals surface area contributed by atoms with Crippen molar-refractivity contribution in [3.8, 4) is 0 Å². The quantitative estimate of drug-likeness (QED) is 0.473. The number of hydrogen-bond acceptors (Lipinski definition) is 5. The van der Waals surface area contributed by atoms with E-state index in [9.17, 15) is 0 Å². The summed E-state index contributed by atoms with van der Waals surface area (Å²) in [7, 11) is 1.98. The number of hydrogen-bond donors (Lipinski definition) is 1. The third-order valence-corrected chi connectivity index (χ3v) is 6.63. The Hall–Kier alpha value is -2.71. The van der Waals surface area contributed by atoms with Gasteiger partial charge in [0.05, 0.1) is 13.2 Å². The van der Waals surface area contributed by atoms with E-state index in [2.05, 4.69) is 69.1 Å². The van der Waals surface area contributed by atoms with Crippen molar-refractivity contribution in [1.82, 2.24) is 25.0 Å². The molecule has 7 nitrogen and oxygen atoms in total. The van der Waals surface area contributed by atoms with Crippen LogP contribution in [0.15, 0.2) is 46.8 Å². The van der Waals surface area contributed by atoms with E-state index in [0.717, 1.165) is 43.7 Å². The number of rotatable bonds is 6. The molecule has 0 radical (unpaired) electrons. The van der Waals surface area contributed by atoms with Gasteiger partial charge in [0, 0.05) is 25.0 Å². The van der Waals surface area contributed by atoms with Crippen molar-refractivity contribution in [2.75, 3.05) is 26.2 Å². The number of thiophene rings is 1. The zero-order valence-electron chi connectivity index (χ0n) is 18.4. The molecular formula is C23H30N6OS. The summed E-state index contributed by atoms with van der Waals surface area (Å²) < 4.78 is 8.11. The molecule has 0 bridgehead atoms. The largest absolute Gasteiger partial charge is 0.370 e. The maximum atomic E-state index is 6.12. The number of ether oxygens (including phenoxy) is 1. The lowest BCUT2D eigenvalue weighted by molar-refractivity contribution is -0.00836.